The standard InChI is InChI=1S/C11H13N5O3S2/c1-19-10(18)6-16-11(13-14-15-16)21-7-9(17)12-5-8-3-2-4-20-8/h2-4H,5-7H2,1H3,(H,12,17). The molecule has 0 aliphatic carbocycles. The normalized spacial score (nSPS) is 10.3. The number of carbonyl (C=O) groups excluding carboxylic acids is 2. The van der Waals surface area contributed by atoms with Gasteiger partial charge in [0.15, 0.2) is 0 Å². The van der Waals surface area contributed by atoms with E-state index >= 15 is 0 Å². The van der Waals surface area contributed by atoms with Gasteiger partial charge in [0.05, 0.1) is 19.4 Å². The Morgan fingerprint density at radius 1 is 1.52 bits per heavy atom. The van der Waals surface area contributed by atoms with E-state index in [1.165, 1.54) is 11.8 Å². The van der Waals surface area contributed by atoms with Crippen molar-refractivity contribution in [2.45, 2.75) is 18.2 Å². The lowest BCUT2D eigenvalue weighted by molar-refractivity contribution is -0.141. The Kier molecular flexibility index (Phi) is 5.69. The van der Waals surface area contributed by atoms with Crippen LogP contribution in [0.3, 0.4) is 0 Å². The van der Waals surface area contributed by atoms with Crippen LogP contribution in [0.2, 0.25) is 0 Å². The van der Waals surface area contributed by atoms with Crippen molar-refractivity contribution in [1.29, 1.82) is 0 Å². The van der Waals surface area contributed by atoms with Gasteiger partial charge in [0, 0.05) is 4.88 Å². The molecule has 0 bridgehead atoms. The number of thiophene rings is 1. The number of nitrogens with zero attached hydrogens (tertiary/aromatic N) is 4. The van der Waals surface area contributed by atoms with Crippen LogP contribution >= 0.6 is 23.1 Å². The van der Waals surface area contributed by atoms with Crippen LogP contribution in [-0.4, -0.2) is 44.9 Å². The summed E-state index contributed by atoms with van der Waals surface area (Å²) in [4.78, 5) is 24.0. The van der Waals surface area contributed by atoms with E-state index in [1.54, 1.807) is 11.3 Å². The van der Waals surface area contributed by atoms with Crippen molar-refractivity contribution in [2.24, 2.45) is 0 Å². The highest BCUT2D eigenvalue weighted by atomic mass is 32.2. The van der Waals surface area contributed by atoms with Crippen LogP contribution in [0, 0.1) is 0 Å². The first-order valence-electron chi connectivity index (χ1n) is 5.94. The first kappa shape index (κ1) is 15.4. The highest BCUT2D eigenvalue weighted by Gasteiger charge is 2.12. The van der Waals surface area contributed by atoms with E-state index in [4.69, 9.17) is 0 Å². The number of ether oxygens (including phenoxy) is 1. The van der Waals surface area contributed by atoms with E-state index in [2.05, 4.69) is 25.6 Å². The number of aromatic nitrogens is 4. The van der Waals surface area contributed by atoms with Crippen LogP contribution < -0.4 is 5.32 Å². The van der Waals surface area contributed by atoms with Crippen molar-refractivity contribution >= 4 is 35.0 Å². The molecule has 0 spiro atoms. The molecule has 2 rings (SSSR count). The zero-order chi connectivity index (χ0) is 15.1. The molecular formula is C11H13N5O3S2. The maximum Gasteiger partial charge on any atom is 0.327 e. The van der Waals surface area contributed by atoms with Gasteiger partial charge in [0.2, 0.25) is 11.1 Å². The van der Waals surface area contributed by atoms with Gasteiger partial charge in [-0.1, -0.05) is 17.8 Å². The second-order valence-corrected chi connectivity index (χ2v) is 5.81. The molecule has 1 N–H and O–H groups in total. The van der Waals surface area contributed by atoms with Crippen molar-refractivity contribution in [3.05, 3.63) is 22.4 Å². The van der Waals surface area contributed by atoms with Crippen molar-refractivity contribution in [1.82, 2.24) is 25.5 Å². The smallest absolute Gasteiger partial charge is 0.327 e. The second-order valence-electron chi connectivity index (χ2n) is 3.84. The zero-order valence-corrected chi connectivity index (χ0v) is 12.8. The van der Waals surface area contributed by atoms with E-state index in [0.29, 0.717) is 11.7 Å². The molecule has 10 heteroatoms. The molecule has 0 aliphatic rings. The van der Waals surface area contributed by atoms with E-state index < -0.39 is 5.97 Å². The molecule has 2 heterocycles. The monoisotopic (exact) mass is 327 g/mol. The van der Waals surface area contributed by atoms with Crippen LogP contribution in [0.1, 0.15) is 4.88 Å². The highest BCUT2D eigenvalue weighted by Crippen LogP contribution is 2.13. The minimum Gasteiger partial charge on any atom is -0.468 e. The van der Waals surface area contributed by atoms with E-state index in [-0.39, 0.29) is 18.2 Å². The van der Waals surface area contributed by atoms with Gasteiger partial charge in [-0.3, -0.25) is 9.59 Å². The van der Waals surface area contributed by atoms with Crippen molar-refractivity contribution in [3.8, 4) is 0 Å². The Morgan fingerprint density at radius 2 is 2.38 bits per heavy atom. The molecule has 0 unspecified atom stereocenters. The third-order valence-electron chi connectivity index (χ3n) is 2.38. The summed E-state index contributed by atoms with van der Waals surface area (Å²) in [5.74, 6) is -0.403. The molecule has 0 saturated heterocycles. The maximum atomic E-state index is 11.7. The molecule has 0 fully saturated rings. The number of carbonyl (C=O) groups is 2. The molecule has 2 aromatic rings. The molecule has 21 heavy (non-hydrogen) atoms. The number of methoxy groups -OCH3 is 1. The fraction of sp³-hybridized carbons (Fsp3) is 0.364. The number of tetrazole rings is 1. The molecule has 1 amide bonds. The quantitative estimate of drug-likeness (QED) is 0.577. The number of amides is 1. The van der Waals surface area contributed by atoms with Gasteiger partial charge < -0.3 is 10.1 Å². The summed E-state index contributed by atoms with van der Waals surface area (Å²) in [6, 6.07) is 3.89. The number of rotatable bonds is 7. The molecule has 0 radical (unpaired) electrons. The fourth-order valence-corrected chi connectivity index (χ4v) is 2.72. The SMILES string of the molecule is COC(=O)Cn1nnnc1SCC(=O)NCc1cccs1. The maximum absolute atomic E-state index is 11.7. The zero-order valence-electron chi connectivity index (χ0n) is 11.2. The molecule has 2 aromatic heterocycles. The molecular weight excluding hydrogens is 314 g/mol. The van der Waals surface area contributed by atoms with Crippen LogP contribution in [0.4, 0.5) is 0 Å². The topological polar surface area (TPSA) is 99.0 Å². The van der Waals surface area contributed by atoms with Crippen molar-refractivity contribution in [3.63, 3.8) is 0 Å². The fourth-order valence-electron chi connectivity index (χ4n) is 1.37. The summed E-state index contributed by atoms with van der Waals surface area (Å²) in [7, 11) is 1.29. The van der Waals surface area contributed by atoms with Crippen molar-refractivity contribution < 1.29 is 14.3 Å². The Bertz CT molecular complexity index is 599. The predicted octanol–water partition coefficient (Wildman–Crippen LogP) is 0.316. The van der Waals surface area contributed by atoms with E-state index in [0.717, 1.165) is 16.6 Å². The van der Waals surface area contributed by atoms with Gasteiger partial charge in [-0.2, -0.15) is 0 Å². The summed E-state index contributed by atoms with van der Waals surface area (Å²) in [5, 5.41) is 16.1. The van der Waals surface area contributed by atoms with Gasteiger partial charge in [0.1, 0.15) is 6.54 Å². The highest BCUT2D eigenvalue weighted by molar-refractivity contribution is 7.99. The number of nitrogens with one attached hydrogen (secondary N) is 1. The Hall–Kier alpha value is -1.94. The Morgan fingerprint density at radius 3 is 3.10 bits per heavy atom. The van der Waals surface area contributed by atoms with Crippen molar-refractivity contribution in [2.75, 3.05) is 12.9 Å². The molecule has 0 aromatic carbocycles. The Labute approximate surface area is 128 Å². The van der Waals surface area contributed by atoms with E-state index in [9.17, 15) is 9.59 Å². The number of hydrogen-bond donors (Lipinski definition) is 1. The summed E-state index contributed by atoms with van der Waals surface area (Å²) < 4.78 is 5.84. The van der Waals surface area contributed by atoms with Gasteiger partial charge in [0.25, 0.3) is 0 Å². The minimum absolute atomic E-state index is 0.0807. The lowest BCUT2D eigenvalue weighted by atomic mass is 10.4. The van der Waals surface area contributed by atoms with Gasteiger partial charge in [-0.15, -0.1) is 16.4 Å². The average Bonchev–Trinajstić information content (AvgIpc) is 3.14. The molecule has 0 atom stereocenters. The predicted molar refractivity (Wildman–Crippen MR) is 76.7 cm³/mol. The third kappa shape index (κ3) is 4.83. The first-order chi connectivity index (χ1) is 10.2. The second kappa shape index (κ2) is 7.74. The van der Waals surface area contributed by atoms with Crippen LogP contribution in [0.5, 0.6) is 0 Å². The summed E-state index contributed by atoms with van der Waals surface area (Å²) in [5.41, 5.74) is 0. The van der Waals surface area contributed by atoms with Crippen LogP contribution in [-0.2, 0) is 27.4 Å². The van der Waals surface area contributed by atoms with E-state index in [1.807, 2.05) is 17.5 Å². The van der Waals surface area contributed by atoms with Gasteiger partial charge >= 0.3 is 5.97 Å². The van der Waals surface area contributed by atoms with Crippen LogP contribution in [0.25, 0.3) is 0 Å². The largest absolute Gasteiger partial charge is 0.468 e. The van der Waals surface area contributed by atoms with Gasteiger partial charge in [-0.25, -0.2) is 4.68 Å². The molecule has 112 valence electrons. The average molecular weight is 327 g/mol. The lowest BCUT2D eigenvalue weighted by Gasteiger charge is -2.04. The number of hydrogen-bond acceptors (Lipinski definition) is 8. The number of thioether (sulfide) groups is 1. The molecule has 0 saturated carbocycles. The lowest BCUT2D eigenvalue weighted by Crippen LogP contribution is -2.24. The first-order valence-corrected chi connectivity index (χ1v) is 7.80. The molecule has 8 nitrogen and oxygen atoms in total. The Balaban J connectivity index is 1.78. The summed E-state index contributed by atoms with van der Waals surface area (Å²) in [6.45, 7) is 0.423. The third-order valence-corrected chi connectivity index (χ3v) is 4.21. The van der Waals surface area contributed by atoms with Gasteiger partial charge in [-0.05, 0) is 21.9 Å². The number of esters is 1. The molecule has 0 aliphatic heterocycles. The summed E-state index contributed by atoms with van der Waals surface area (Å²) >= 11 is 2.75. The minimum atomic E-state index is -0.453. The van der Waals surface area contributed by atoms with Crippen LogP contribution in [0.15, 0.2) is 22.7 Å². The summed E-state index contributed by atoms with van der Waals surface area (Å²) in [6.07, 6.45) is 0.